The van der Waals surface area contributed by atoms with Gasteiger partial charge in [0.05, 0.1) is 6.61 Å². The lowest BCUT2D eigenvalue weighted by molar-refractivity contribution is 0.199. The fourth-order valence-electron chi connectivity index (χ4n) is 2.75. The maximum atomic E-state index is 13.5. The summed E-state index contributed by atoms with van der Waals surface area (Å²) in [6.45, 7) is 8.86. The Morgan fingerprint density at radius 2 is 2.00 bits per heavy atom. The smallest absolute Gasteiger partial charge is 0.123 e. The minimum absolute atomic E-state index is 0.167. The van der Waals surface area contributed by atoms with Gasteiger partial charge in [-0.25, -0.2) is 4.39 Å². The molecule has 21 heavy (non-hydrogen) atoms. The average Bonchev–Trinajstić information content (AvgIpc) is 2.44. The van der Waals surface area contributed by atoms with E-state index in [1.54, 1.807) is 19.2 Å². The van der Waals surface area contributed by atoms with Crippen LogP contribution in [0.15, 0.2) is 18.2 Å². The highest BCUT2D eigenvalue weighted by atomic mass is 19.1. The van der Waals surface area contributed by atoms with Crippen LogP contribution in [0.1, 0.15) is 32.3 Å². The van der Waals surface area contributed by atoms with Crippen molar-refractivity contribution in [3.8, 4) is 0 Å². The number of benzene rings is 1. The normalized spacial score (nSPS) is 18.0. The molecule has 0 atom stereocenters. The van der Waals surface area contributed by atoms with Crippen LogP contribution in [-0.2, 0) is 11.3 Å². The Kier molecular flexibility index (Phi) is 5.59. The minimum atomic E-state index is -0.167. The van der Waals surface area contributed by atoms with Crippen molar-refractivity contribution in [2.24, 2.45) is 5.41 Å². The third-order valence-corrected chi connectivity index (χ3v) is 4.30. The number of nitrogens with one attached hydrogen (secondary N) is 1. The fourth-order valence-corrected chi connectivity index (χ4v) is 2.75. The molecule has 4 heteroatoms. The summed E-state index contributed by atoms with van der Waals surface area (Å²) < 4.78 is 18.6. The first kappa shape index (κ1) is 16.2. The molecule has 0 aliphatic carbocycles. The zero-order valence-corrected chi connectivity index (χ0v) is 13.4. The number of rotatable bonds is 6. The van der Waals surface area contributed by atoms with Gasteiger partial charge in [-0.1, -0.05) is 13.8 Å². The zero-order chi connectivity index (χ0) is 15.3. The first-order valence-electron chi connectivity index (χ1n) is 7.75. The molecule has 1 aliphatic rings. The Bertz CT molecular complexity index is 452. The number of nitrogens with zero attached hydrogens (tertiary/aromatic N) is 1. The molecule has 0 saturated carbocycles. The van der Waals surface area contributed by atoms with Gasteiger partial charge in [-0.05, 0) is 42.0 Å². The first-order valence-corrected chi connectivity index (χ1v) is 7.75. The van der Waals surface area contributed by atoms with E-state index in [1.807, 2.05) is 6.07 Å². The van der Waals surface area contributed by atoms with Crippen molar-refractivity contribution in [3.63, 3.8) is 0 Å². The molecule has 0 aromatic heterocycles. The molecule has 0 amide bonds. The number of hydrogen-bond donors (Lipinski definition) is 1. The van der Waals surface area contributed by atoms with Crippen molar-refractivity contribution < 1.29 is 9.13 Å². The van der Waals surface area contributed by atoms with E-state index in [0.29, 0.717) is 18.6 Å². The lowest BCUT2D eigenvalue weighted by Gasteiger charge is -2.39. The van der Waals surface area contributed by atoms with Gasteiger partial charge in [0.1, 0.15) is 5.82 Å². The molecule has 118 valence electrons. The number of methoxy groups -OCH3 is 1. The third kappa shape index (κ3) is 4.68. The SMILES string of the molecule is COCCNCc1cc(F)ccc1N1CCC(C)(C)CC1. The molecule has 1 heterocycles. The molecule has 0 spiro atoms. The number of hydrogen-bond acceptors (Lipinski definition) is 3. The molecule has 0 unspecified atom stereocenters. The number of piperidine rings is 1. The summed E-state index contributed by atoms with van der Waals surface area (Å²) in [6, 6.07) is 5.13. The van der Waals surface area contributed by atoms with E-state index in [-0.39, 0.29) is 5.82 Å². The molecule has 1 saturated heterocycles. The van der Waals surface area contributed by atoms with Gasteiger partial charge in [-0.2, -0.15) is 0 Å². The Labute approximate surface area is 127 Å². The number of halogens is 1. The fraction of sp³-hybridized carbons (Fsp3) is 0.647. The minimum Gasteiger partial charge on any atom is -0.383 e. The maximum absolute atomic E-state index is 13.5. The summed E-state index contributed by atoms with van der Waals surface area (Å²) in [6.07, 6.45) is 2.36. The largest absolute Gasteiger partial charge is 0.383 e. The van der Waals surface area contributed by atoms with E-state index < -0.39 is 0 Å². The highest BCUT2D eigenvalue weighted by Crippen LogP contribution is 2.33. The Morgan fingerprint density at radius 1 is 1.29 bits per heavy atom. The summed E-state index contributed by atoms with van der Waals surface area (Å²) in [5.74, 6) is -0.167. The number of ether oxygens (including phenoxy) is 1. The average molecular weight is 294 g/mol. The van der Waals surface area contributed by atoms with Crippen molar-refractivity contribution in [2.75, 3.05) is 38.3 Å². The molecule has 1 fully saturated rings. The highest BCUT2D eigenvalue weighted by molar-refractivity contribution is 5.54. The topological polar surface area (TPSA) is 24.5 Å². The molecular weight excluding hydrogens is 267 g/mol. The third-order valence-electron chi connectivity index (χ3n) is 4.30. The molecule has 1 aromatic rings. The standard InChI is InChI=1S/C17H27FN2O/c1-17(2)6-9-20(10-7-17)16-5-4-15(18)12-14(16)13-19-8-11-21-3/h4-5,12,19H,6-11,13H2,1-3H3. The summed E-state index contributed by atoms with van der Waals surface area (Å²) >= 11 is 0. The van der Waals surface area contributed by atoms with Crippen molar-refractivity contribution in [2.45, 2.75) is 33.2 Å². The summed E-state index contributed by atoms with van der Waals surface area (Å²) in [7, 11) is 1.69. The van der Waals surface area contributed by atoms with E-state index in [9.17, 15) is 4.39 Å². The molecule has 1 aromatic carbocycles. The van der Waals surface area contributed by atoms with E-state index in [2.05, 4.69) is 24.1 Å². The lowest BCUT2D eigenvalue weighted by Crippen LogP contribution is -2.38. The molecule has 1 N–H and O–H groups in total. The maximum Gasteiger partial charge on any atom is 0.123 e. The van der Waals surface area contributed by atoms with Gasteiger partial charge >= 0.3 is 0 Å². The lowest BCUT2D eigenvalue weighted by atomic mass is 9.82. The molecular formula is C17H27FN2O. The predicted octanol–water partition coefficient (Wildman–Crippen LogP) is 3.19. The Balaban J connectivity index is 2.04. The Morgan fingerprint density at radius 3 is 2.67 bits per heavy atom. The number of anilines is 1. The van der Waals surface area contributed by atoms with Crippen LogP contribution in [0.5, 0.6) is 0 Å². The summed E-state index contributed by atoms with van der Waals surface area (Å²) in [4.78, 5) is 2.39. The summed E-state index contributed by atoms with van der Waals surface area (Å²) in [5, 5.41) is 3.31. The van der Waals surface area contributed by atoms with Crippen molar-refractivity contribution in [1.29, 1.82) is 0 Å². The highest BCUT2D eigenvalue weighted by Gasteiger charge is 2.26. The van der Waals surface area contributed by atoms with Gasteiger partial charge in [0.2, 0.25) is 0 Å². The van der Waals surface area contributed by atoms with E-state index in [0.717, 1.165) is 30.9 Å². The van der Waals surface area contributed by atoms with Crippen LogP contribution >= 0.6 is 0 Å². The van der Waals surface area contributed by atoms with Crippen LogP contribution in [-0.4, -0.2) is 33.4 Å². The van der Waals surface area contributed by atoms with E-state index in [1.165, 1.54) is 12.8 Å². The monoisotopic (exact) mass is 294 g/mol. The van der Waals surface area contributed by atoms with Crippen LogP contribution in [0.25, 0.3) is 0 Å². The van der Waals surface area contributed by atoms with Gasteiger partial charge in [-0.3, -0.25) is 0 Å². The molecule has 3 nitrogen and oxygen atoms in total. The first-order chi connectivity index (χ1) is 10.0. The van der Waals surface area contributed by atoms with Crippen molar-refractivity contribution in [3.05, 3.63) is 29.6 Å². The second-order valence-corrected chi connectivity index (χ2v) is 6.59. The van der Waals surface area contributed by atoms with Crippen LogP contribution in [0.4, 0.5) is 10.1 Å². The van der Waals surface area contributed by atoms with Crippen molar-refractivity contribution >= 4 is 5.69 Å². The van der Waals surface area contributed by atoms with Gasteiger partial charge in [0.15, 0.2) is 0 Å². The van der Waals surface area contributed by atoms with Crippen LogP contribution in [0.2, 0.25) is 0 Å². The van der Waals surface area contributed by atoms with Gasteiger partial charge < -0.3 is 15.0 Å². The quantitative estimate of drug-likeness (QED) is 0.816. The van der Waals surface area contributed by atoms with Crippen LogP contribution in [0, 0.1) is 11.2 Å². The second kappa shape index (κ2) is 7.23. The van der Waals surface area contributed by atoms with Gasteiger partial charge in [-0.15, -0.1) is 0 Å². The molecule has 2 rings (SSSR count). The predicted molar refractivity (Wildman–Crippen MR) is 85.2 cm³/mol. The zero-order valence-electron chi connectivity index (χ0n) is 13.4. The van der Waals surface area contributed by atoms with Gasteiger partial charge in [0.25, 0.3) is 0 Å². The summed E-state index contributed by atoms with van der Waals surface area (Å²) in [5.41, 5.74) is 2.62. The van der Waals surface area contributed by atoms with Gasteiger partial charge in [0, 0.05) is 39.0 Å². The Hall–Kier alpha value is -1.13. The molecule has 1 aliphatic heterocycles. The van der Waals surface area contributed by atoms with E-state index in [4.69, 9.17) is 4.74 Å². The molecule has 0 radical (unpaired) electrons. The van der Waals surface area contributed by atoms with Crippen LogP contribution in [0.3, 0.4) is 0 Å². The molecule has 0 bridgehead atoms. The van der Waals surface area contributed by atoms with E-state index >= 15 is 0 Å². The van der Waals surface area contributed by atoms with Crippen molar-refractivity contribution in [1.82, 2.24) is 5.32 Å². The van der Waals surface area contributed by atoms with Crippen LogP contribution < -0.4 is 10.2 Å². The second-order valence-electron chi connectivity index (χ2n) is 6.59.